The molecular formula is C57H96N8O22. The highest BCUT2D eigenvalue weighted by atomic mass is 16.6. The molecular weight excluding hydrogens is 1150 g/mol. The molecule has 0 aliphatic carbocycles. The normalized spacial score (nSPS) is 13.8. The van der Waals surface area contributed by atoms with E-state index < -0.39 is 94.7 Å². The van der Waals surface area contributed by atoms with Gasteiger partial charge in [0.2, 0.25) is 11.7 Å². The summed E-state index contributed by atoms with van der Waals surface area (Å²) < 4.78 is 43.1. The number of ketones is 1. The van der Waals surface area contributed by atoms with Gasteiger partial charge in [0.15, 0.2) is 12.8 Å². The van der Waals surface area contributed by atoms with Gasteiger partial charge >= 0.3 is 60.3 Å². The maximum absolute atomic E-state index is 11.4. The van der Waals surface area contributed by atoms with E-state index in [1.807, 2.05) is 6.07 Å². The smallest absolute Gasteiger partial charge is 0.411 e. The lowest BCUT2D eigenvalue weighted by Gasteiger charge is -2.26. The van der Waals surface area contributed by atoms with Gasteiger partial charge in [-0.25, -0.2) is 33.6 Å². The molecule has 1 heterocycles. The number of rotatable bonds is 16. The van der Waals surface area contributed by atoms with E-state index in [2.05, 4.69) is 46.1 Å². The van der Waals surface area contributed by atoms with Crippen LogP contribution in [0.25, 0.3) is 5.53 Å². The lowest BCUT2D eigenvalue weighted by Crippen LogP contribution is -2.67. The molecule has 0 radical (unpaired) electrons. The molecule has 1 saturated heterocycles. The lowest BCUT2D eigenvalue weighted by molar-refractivity contribution is -0.467. The van der Waals surface area contributed by atoms with Gasteiger partial charge in [-0.05, 0) is 151 Å². The number of allylic oxidation sites excluding steroid dienone is 1. The number of Topliss-reactive ketones (excluding diaryl/α,β-unsaturated/α-hetero) is 1. The third kappa shape index (κ3) is 55.1. The number of methoxy groups -OCH3 is 3. The van der Waals surface area contributed by atoms with E-state index in [9.17, 15) is 57.5 Å². The maximum Gasteiger partial charge on any atom is 0.411 e. The van der Waals surface area contributed by atoms with E-state index in [0.717, 1.165) is 0 Å². The summed E-state index contributed by atoms with van der Waals surface area (Å²) in [5.74, 6) is -3.17. The Morgan fingerprint density at radius 3 is 1.24 bits per heavy atom. The quantitative estimate of drug-likeness (QED) is 0.0321. The number of benzene rings is 1. The van der Waals surface area contributed by atoms with Gasteiger partial charge in [-0.2, -0.15) is 0 Å². The molecule has 6 amide bonds. The van der Waals surface area contributed by atoms with Gasteiger partial charge < -0.3 is 85.0 Å². The van der Waals surface area contributed by atoms with E-state index in [0.29, 0.717) is 11.3 Å². The Morgan fingerprint density at radius 2 is 0.931 bits per heavy atom. The number of β-lactam (4-membered cyclic amide) rings is 1. The zero-order valence-corrected chi connectivity index (χ0v) is 54.6. The minimum Gasteiger partial charge on any atom is -0.508 e. The number of nitrogens with one attached hydrogen (secondary N) is 7. The second kappa shape index (κ2) is 41.5. The first-order chi connectivity index (χ1) is 39.5. The highest BCUT2D eigenvalue weighted by Gasteiger charge is 2.29. The molecule has 1 aliphatic heterocycles. The predicted octanol–water partition coefficient (Wildman–Crippen LogP) is 5.76. The van der Waals surface area contributed by atoms with Crippen molar-refractivity contribution >= 4 is 72.0 Å². The topological polar surface area (TPSA) is 417 Å². The fourth-order valence-electron chi connectivity index (χ4n) is 5.03. The molecule has 0 bridgehead atoms. The van der Waals surface area contributed by atoms with Gasteiger partial charge in [-0.1, -0.05) is 18.2 Å². The minimum atomic E-state index is -1.09. The van der Waals surface area contributed by atoms with Crippen LogP contribution < -0.4 is 37.0 Å². The molecule has 87 heavy (non-hydrogen) atoms. The Hall–Kier alpha value is -8.60. The SMILES string of the molecule is CC(NC(=O)OC(C)(C)C)C(=O)C[NH+]=[N-].CC(NC(=O)OC(C)(C)C)C(=O)O.COC(=O)/C=C(\C)NC(=O)OC(C)(C)C.COC(=O)CC(C)NC(=O)OC(C)(C)C.COC(=O)CC(C)NC(=O)OC(C)(C)C.O=C1CC(OC(=O)c2ccccc2)N1. The summed E-state index contributed by atoms with van der Waals surface area (Å²) in [6.45, 7) is 33.9. The summed E-state index contributed by atoms with van der Waals surface area (Å²) in [4.78, 5) is 132. The molecule has 8 N–H and O–H groups in total. The number of alkyl carbamates (subject to hydrolysis) is 5. The number of hydrogen-bond donors (Lipinski definition) is 8. The molecule has 0 spiro atoms. The van der Waals surface area contributed by atoms with Crippen LogP contribution in [0.2, 0.25) is 0 Å². The van der Waals surface area contributed by atoms with Crippen LogP contribution in [0.1, 0.15) is 168 Å². The van der Waals surface area contributed by atoms with Crippen molar-refractivity contribution in [1.82, 2.24) is 31.9 Å². The number of carbonyl (C=O) groups is 12. The molecule has 2 rings (SSSR count). The first-order valence-electron chi connectivity index (χ1n) is 27.0. The molecule has 0 saturated carbocycles. The zero-order valence-electron chi connectivity index (χ0n) is 54.6. The number of ether oxygens (including phenoxy) is 9. The minimum absolute atomic E-state index is 0.0872. The fourth-order valence-corrected chi connectivity index (χ4v) is 5.03. The molecule has 496 valence electrons. The fraction of sp³-hybridized carbons (Fsp3) is 0.649. The highest BCUT2D eigenvalue weighted by Crippen LogP contribution is 2.12. The third-order valence-electron chi connectivity index (χ3n) is 8.69. The molecule has 5 atom stereocenters. The van der Waals surface area contributed by atoms with Crippen molar-refractivity contribution in [2.24, 2.45) is 0 Å². The summed E-state index contributed by atoms with van der Waals surface area (Å²) in [6.07, 6.45) is -1.77. The van der Waals surface area contributed by atoms with Gasteiger partial charge in [0.05, 0.1) is 52.2 Å². The Labute approximate surface area is 510 Å². The van der Waals surface area contributed by atoms with Gasteiger partial charge in [-0.15, -0.1) is 0 Å². The molecule has 0 aromatic heterocycles. The molecule has 30 nitrogen and oxygen atoms in total. The van der Waals surface area contributed by atoms with E-state index >= 15 is 0 Å². The van der Waals surface area contributed by atoms with Crippen LogP contribution in [0.5, 0.6) is 0 Å². The first-order valence-corrected chi connectivity index (χ1v) is 27.0. The summed E-state index contributed by atoms with van der Waals surface area (Å²) >= 11 is 0. The summed E-state index contributed by atoms with van der Waals surface area (Å²) in [5.41, 5.74) is 6.33. The summed E-state index contributed by atoms with van der Waals surface area (Å²) in [6, 6.07) is 6.45. The Bertz CT molecular complexity index is 2360. The lowest BCUT2D eigenvalue weighted by atomic mass is 10.2. The van der Waals surface area contributed by atoms with Crippen molar-refractivity contribution in [3.8, 4) is 0 Å². The average Bonchev–Trinajstić information content (AvgIpc) is 3.55. The monoisotopic (exact) mass is 1240 g/mol. The van der Waals surface area contributed by atoms with Crippen molar-refractivity contribution in [2.75, 3.05) is 27.9 Å². The molecule has 1 fully saturated rings. The van der Waals surface area contributed by atoms with Gasteiger partial charge in [0.1, 0.15) is 34.0 Å². The van der Waals surface area contributed by atoms with E-state index in [4.69, 9.17) is 39.1 Å². The van der Waals surface area contributed by atoms with Crippen LogP contribution in [-0.4, -0.2) is 163 Å². The van der Waals surface area contributed by atoms with Crippen molar-refractivity contribution in [3.63, 3.8) is 0 Å². The van der Waals surface area contributed by atoms with Crippen LogP contribution in [-0.2, 0) is 71.4 Å². The number of aliphatic carboxylic acids is 1. The number of hydrogen-bond acceptors (Lipinski definition) is 21. The highest BCUT2D eigenvalue weighted by molar-refractivity contribution is 5.91. The van der Waals surface area contributed by atoms with Crippen molar-refractivity contribution in [3.05, 3.63) is 53.2 Å². The second-order valence-corrected chi connectivity index (χ2v) is 23.5. The van der Waals surface area contributed by atoms with Gasteiger partial charge in [-0.3, -0.25) is 29.3 Å². The molecule has 1 aliphatic rings. The van der Waals surface area contributed by atoms with Crippen LogP contribution >= 0.6 is 0 Å². The third-order valence-corrected chi connectivity index (χ3v) is 8.69. The zero-order chi connectivity index (χ0) is 68.9. The van der Waals surface area contributed by atoms with Crippen molar-refractivity contribution < 1.29 is 110 Å². The number of carboxylic acids is 1. The van der Waals surface area contributed by atoms with Gasteiger partial charge in [0.25, 0.3) is 0 Å². The van der Waals surface area contributed by atoms with Crippen molar-refractivity contribution in [1.29, 1.82) is 0 Å². The number of amides is 6. The summed E-state index contributed by atoms with van der Waals surface area (Å²) in [5, 5.41) is 24.7. The maximum atomic E-state index is 11.4. The Kier molecular flexibility index (Phi) is 40.4. The Balaban J connectivity index is -0.000000475. The second-order valence-electron chi connectivity index (χ2n) is 23.5. The van der Waals surface area contributed by atoms with Gasteiger partial charge in [0, 0.05) is 23.9 Å². The molecule has 1 aromatic carbocycles. The average molecular weight is 1250 g/mol. The van der Waals surface area contributed by atoms with Crippen LogP contribution in [0.15, 0.2) is 42.1 Å². The van der Waals surface area contributed by atoms with E-state index in [-0.39, 0.29) is 61.5 Å². The standard InChI is InChI=1S/2C10H19NO4.C10H17NO4.C10H9NO3.C9H17N3O3.C8H15NO4/c3*1-7(6-8(12)14-5)11-9(13)15-10(2,3)4;12-8-6-9(11-8)14-10(13)7-4-2-1-3-5-7;1-6(7(13)5-11-10)12-8(14)15-9(2,3)4;1-5(6(10)11)9-7(12)13-8(2,3)4/h2*7H,6H2,1-5H3,(H,11,13);6H,1-5H3,(H,11,13);1-5,9H,6H2,(H,11,12);6,11H,5H2,1-4H3,(H,12,14);5H,1-4H3,(H,9,12)(H,10,11)/b;;7-6+;;;. The van der Waals surface area contributed by atoms with Crippen molar-refractivity contribution in [2.45, 2.75) is 216 Å². The molecule has 5 unspecified atom stereocenters. The molecule has 30 heteroatoms. The summed E-state index contributed by atoms with van der Waals surface area (Å²) in [7, 11) is 3.88. The largest absolute Gasteiger partial charge is 0.508 e. The number of esters is 4. The van der Waals surface area contributed by atoms with E-state index in [1.54, 1.807) is 154 Å². The van der Waals surface area contributed by atoms with Crippen LogP contribution in [0.3, 0.4) is 0 Å². The molecule has 1 aromatic rings. The number of nitrogens with zero attached hydrogens (tertiary/aromatic N) is 1. The number of carboxylic acid groups (broad SMARTS) is 1. The Morgan fingerprint density at radius 1 is 0.586 bits per heavy atom. The first kappa shape index (κ1) is 84.9. The van der Waals surface area contributed by atoms with Crippen LogP contribution in [0, 0.1) is 0 Å². The van der Waals surface area contributed by atoms with Crippen LogP contribution in [0.4, 0.5) is 24.0 Å². The number of carbonyl (C=O) groups excluding carboxylic acids is 11. The van der Waals surface area contributed by atoms with E-state index in [1.165, 1.54) is 41.3 Å². The predicted molar refractivity (Wildman–Crippen MR) is 314 cm³/mol.